The van der Waals surface area contributed by atoms with Crippen LogP contribution in [0, 0.1) is 0 Å². The standard InChI is InChI=1S/C16H16BrNO3/c1-16(9-19,18-13-5-3-12(17)4-6-13)11-2-7-14-15(8-11)21-10-20-14/h2-8,18-19H,9-10H2,1H3. The summed E-state index contributed by atoms with van der Waals surface area (Å²) >= 11 is 3.41. The number of ether oxygens (including phenoxy) is 2. The summed E-state index contributed by atoms with van der Waals surface area (Å²) in [5, 5.41) is 13.2. The maximum absolute atomic E-state index is 9.86. The number of aliphatic hydroxyl groups is 1. The molecule has 1 unspecified atom stereocenters. The molecule has 0 spiro atoms. The number of nitrogens with one attached hydrogen (secondary N) is 1. The number of hydrogen-bond acceptors (Lipinski definition) is 4. The Morgan fingerprint density at radius 3 is 2.57 bits per heavy atom. The maximum atomic E-state index is 9.86. The van der Waals surface area contributed by atoms with Gasteiger partial charge in [0, 0.05) is 10.2 Å². The zero-order chi connectivity index (χ0) is 14.9. The predicted octanol–water partition coefficient (Wildman–Crippen LogP) is 3.50. The topological polar surface area (TPSA) is 50.7 Å². The van der Waals surface area contributed by atoms with E-state index in [9.17, 15) is 5.11 Å². The molecule has 0 aliphatic carbocycles. The van der Waals surface area contributed by atoms with Crippen molar-refractivity contribution in [1.29, 1.82) is 0 Å². The Labute approximate surface area is 131 Å². The number of fused-ring (bicyclic) bond motifs is 1. The SMILES string of the molecule is CC(CO)(Nc1ccc(Br)cc1)c1ccc2c(c1)OCO2. The fourth-order valence-electron chi connectivity index (χ4n) is 2.29. The minimum absolute atomic E-state index is 0.0390. The van der Waals surface area contributed by atoms with Gasteiger partial charge in [0.25, 0.3) is 0 Å². The van der Waals surface area contributed by atoms with Gasteiger partial charge in [-0.25, -0.2) is 0 Å². The maximum Gasteiger partial charge on any atom is 0.231 e. The van der Waals surface area contributed by atoms with Gasteiger partial charge in [-0.3, -0.25) is 0 Å². The van der Waals surface area contributed by atoms with Crippen LogP contribution < -0.4 is 14.8 Å². The fraction of sp³-hybridized carbons (Fsp3) is 0.250. The number of aliphatic hydroxyl groups excluding tert-OH is 1. The molecule has 21 heavy (non-hydrogen) atoms. The highest BCUT2D eigenvalue weighted by Gasteiger charge is 2.28. The van der Waals surface area contributed by atoms with Gasteiger partial charge in [-0.05, 0) is 48.9 Å². The third-order valence-corrected chi connectivity index (χ3v) is 4.12. The molecule has 1 atom stereocenters. The minimum Gasteiger partial charge on any atom is -0.454 e. The first-order valence-corrected chi connectivity index (χ1v) is 7.45. The Bertz CT molecular complexity index is 644. The molecule has 3 rings (SSSR count). The number of anilines is 1. The summed E-state index contributed by atoms with van der Waals surface area (Å²) in [5.41, 5.74) is 1.28. The van der Waals surface area contributed by atoms with Gasteiger partial charge in [0.05, 0.1) is 12.1 Å². The first-order chi connectivity index (χ1) is 10.1. The summed E-state index contributed by atoms with van der Waals surface area (Å²) in [6, 6.07) is 13.6. The molecule has 2 aromatic rings. The zero-order valence-electron chi connectivity index (χ0n) is 11.6. The van der Waals surface area contributed by atoms with Crippen molar-refractivity contribution in [3.63, 3.8) is 0 Å². The molecule has 2 N–H and O–H groups in total. The summed E-state index contributed by atoms with van der Waals surface area (Å²) in [7, 11) is 0. The van der Waals surface area contributed by atoms with E-state index in [-0.39, 0.29) is 13.4 Å². The molecule has 5 heteroatoms. The minimum atomic E-state index is -0.602. The molecule has 0 aromatic heterocycles. The Morgan fingerprint density at radius 2 is 1.86 bits per heavy atom. The molecule has 0 bridgehead atoms. The van der Waals surface area contributed by atoms with Crippen LogP contribution in [-0.4, -0.2) is 18.5 Å². The van der Waals surface area contributed by atoms with Gasteiger partial charge < -0.3 is 19.9 Å². The molecule has 0 saturated carbocycles. The van der Waals surface area contributed by atoms with E-state index in [4.69, 9.17) is 9.47 Å². The first-order valence-electron chi connectivity index (χ1n) is 6.65. The van der Waals surface area contributed by atoms with E-state index in [2.05, 4.69) is 21.2 Å². The van der Waals surface area contributed by atoms with Crippen LogP contribution in [-0.2, 0) is 5.54 Å². The van der Waals surface area contributed by atoms with Gasteiger partial charge in [-0.15, -0.1) is 0 Å². The Hall–Kier alpha value is -1.72. The van der Waals surface area contributed by atoms with E-state index >= 15 is 0 Å². The largest absolute Gasteiger partial charge is 0.454 e. The lowest BCUT2D eigenvalue weighted by atomic mass is 9.92. The molecule has 0 amide bonds. The molecule has 1 aliphatic heterocycles. The van der Waals surface area contributed by atoms with Gasteiger partial charge in [0.2, 0.25) is 6.79 Å². The molecule has 4 nitrogen and oxygen atoms in total. The van der Waals surface area contributed by atoms with Crippen molar-refractivity contribution < 1.29 is 14.6 Å². The van der Waals surface area contributed by atoms with Gasteiger partial charge in [0.15, 0.2) is 11.5 Å². The molecule has 2 aromatic carbocycles. The smallest absolute Gasteiger partial charge is 0.231 e. The number of hydrogen-bond donors (Lipinski definition) is 2. The number of rotatable bonds is 4. The van der Waals surface area contributed by atoms with Crippen molar-refractivity contribution >= 4 is 21.6 Å². The third-order valence-electron chi connectivity index (χ3n) is 3.59. The molecule has 0 radical (unpaired) electrons. The van der Waals surface area contributed by atoms with Gasteiger partial charge in [-0.2, -0.15) is 0 Å². The average molecular weight is 350 g/mol. The van der Waals surface area contributed by atoms with Crippen molar-refractivity contribution in [3.05, 3.63) is 52.5 Å². The summed E-state index contributed by atoms with van der Waals surface area (Å²) < 4.78 is 11.7. The molecule has 1 heterocycles. The van der Waals surface area contributed by atoms with E-state index in [0.717, 1.165) is 21.5 Å². The van der Waals surface area contributed by atoms with Crippen LogP contribution >= 0.6 is 15.9 Å². The summed E-state index contributed by atoms with van der Waals surface area (Å²) in [6.45, 7) is 2.16. The lowest BCUT2D eigenvalue weighted by molar-refractivity contribution is 0.173. The van der Waals surface area contributed by atoms with Crippen LogP contribution in [0.5, 0.6) is 11.5 Å². The highest BCUT2D eigenvalue weighted by Crippen LogP contribution is 2.36. The second-order valence-corrected chi connectivity index (χ2v) is 6.11. The van der Waals surface area contributed by atoms with Crippen LogP contribution in [0.4, 0.5) is 5.69 Å². The van der Waals surface area contributed by atoms with Crippen molar-refractivity contribution in [2.75, 3.05) is 18.7 Å². The summed E-state index contributed by atoms with van der Waals surface area (Å²) in [4.78, 5) is 0. The third kappa shape index (κ3) is 2.84. The zero-order valence-corrected chi connectivity index (χ0v) is 13.2. The fourth-order valence-corrected chi connectivity index (χ4v) is 2.56. The van der Waals surface area contributed by atoms with Crippen LogP contribution in [0.25, 0.3) is 0 Å². The van der Waals surface area contributed by atoms with Crippen LogP contribution in [0.1, 0.15) is 12.5 Å². The lowest BCUT2D eigenvalue weighted by Gasteiger charge is -2.30. The molecule has 0 saturated heterocycles. The van der Waals surface area contributed by atoms with E-state index in [1.807, 2.05) is 49.4 Å². The van der Waals surface area contributed by atoms with E-state index in [1.165, 1.54) is 0 Å². The molecule has 1 aliphatic rings. The Morgan fingerprint density at radius 1 is 1.14 bits per heavy atom. The van der Waals surface area contributed by atoms with E-state index < -0.39 is 5.54 Å². The average Bonchev–Trinajstić information content (AvgIpc) is 2.97. The molecule has 0 fully saturated rings. The quantitative estimate of drug-likeness (QED) is 0.886. The van der Waals surface area contributed by atoms with Crippen LogP contribution in [0.3, 0.4) is 0 Å². The monoisotopic (exact) mass is 349 g/mol. The van der Waals surface area contributed by atoms with Crippen LogP contribution in [0.2, 0.25) is 0 Å². The summed E-state index contributed by atoms with van der Waals surface area (Å²) in [5.74, 6) is 1.45. The van der Waals surface area contributed by atoms with Crippen molar-refractivity contribution in [3.8, 4) is 11.5 Å². The van der Waals surface area contributed by atoms with Crippen molar-refractivity contribution in [1.82, 2.24) is 0 Å². The lowest BCUT2D eigenvalue weighted by Crippen LogP contribution is -2.35. The van der Waals surface area contributed by atoms with Gasteiger partial charge in [-0.1, -0.05) is 22.0 Å². The van der Waals surface area contributed by atoms with Crippen molar-refractivity contribution in [2.24, 2.45) is 0 Å². The Balaban J connectivity index is 1.90. The first kappa shape index (κ1) is 14.2. The molecular weight excluding hydrogens is 334 g/mol. The number of halogens is 1. The predicted molar refractivity (Wildman–Crippen MR) is 84.8 cm³/mol. The second-order valence-electron chi connectivity index (χ2n) is 5.19. The molecular formula is C16H16BrNO3. The normalized spacial score (nSPS) is 15.6. The van der Waals surface area contributed by atoms with E-state index in [1.54, 1.807) is 0 Å². The van der Waals surface area contributed by atoms with Gasteiger partial charge >= 0.3 is 0 Å². The number of benzene rings is 2. The highest BCUT2D eigenvalue weighted by atomic mass is 79.9. The summed E-state index contributed by atoms with van der Waals surface area (Å²) in [6.07, 6.45) is 0. The van der Waals surface area contributed by atoms with E-state index in [0.29, 0.717) is 5.75 Å². The highest BCUT2D eigenvalue weighted by molar-refractivity contribution is 9.10. The van der Waals surface area contributed by atoms with Crippen LogP contribution in [0.15, 0.2) is 46.9 Å². The second kappa shape index (κ2) is 5.58. The van der Waals surface area contributed by atoms with Crippen molar-refractivity contribution in [2.45, 2.75) is 12.5 Å². The van der Waals surface area contributed by atoms with Gasteiger partial charge in [0.1, 0.15) is 0 Å². The Kier molecular flexibility index (Phi) is 3.78. The molecule has 110 valence electrons.